The van der Waals surface area contributed by atoms with Crippen molar-refractivity contribution in [3.05, 3.63) is 249 Å². The molecule has 68 heavy (non-hydrogen) atoms. The molecule has 5 nitrogen and oxygen atoms in total. The van der Waals surface area contributed by atoms with Crippen molar-refractivity contribution in [3.63, 3.8) is 0 Å². The predicted molar refractivity (Wildman–Crippen MR) is 281 cm³/mol. The maximum Gasteiger partial charge on any atom is 0.240 e. The van der Waals surface area contributed by atoms with Gasteiger partial charge in [0.25, 0.3) is 0 Å². The van der Waals surface area contributed by atoms with Gasteiger partial charge in [-0.2, -0.15) is 15.0 Å². The van der Waals surface area contributed by atoms with Crippen molar-refractivity contribution in [1.82, 2.24) is 24.1 Å². The smallest absolute Gasteiger partial charge is 0.240 e. The molecule has 0 amide bonds. The summed E-state index contributed by atoms with van der Waals surface area (Å²) in [6.07, 6.45) is 0. The highest BCUT2D eigenvalue weighted by molar-refractivity contribution is 6.10. The van der Waals surface area contributed by atoms with E-state index in [1.54, 1.807) is 0 Å². The van der Waals surface area contributed by atoms with E-state index in [0.717, 1.165) is 99.2 Å². The van der Waals surface area contributed by atoms with Crippen molar-refractivity contribution in [2.45, 2.75) is 0 Å². The first-order valence-electron chi connectivity index (χ1n) is 23.0. The Bertz CT molecular complexity index is 3720. The number of nitrogens with zero attached hydrogens (tertiary/aromatic N) is 5. The van der Waals surface area contributed by atoms with Crippen LogP contribution in [-0.2, 0) is 0 Å². The van der Waals surface area contributed by atoms with Crippen LogP contribution in [0.15, 0.2) is 249 Å². The molecular formula is C63H41N5. The summed E-state index contributed by atoms with van der Waals surface area (Å²) in [5.74, 6) is 1.67. The molecule has 0 saturated carbocycles. The standard InChI is InChI=1S/C63H41N5/c1-4-21-42(22-5-1)47-33-19-34-48(43-23-6-2-7-24-43)59(47)60-49(44-25-8-3-9-26-44)35-20-36-50(60)45-27-18-28-46(41-45)61-64-62(67-55-37-14-10-29-51(55)52-30-11-15-38-56(52)67)66-63(65-61)68-57-39-16-12-31-53(57)54-32-13-17-40-58(54)68/h1-41H. The van der Waals surface area contributed by atoms with Crippen LogP contribution in [0.2, 0.25) is 0 Å². The fourth-order valence-corrected chi connectivity index (χ4v) is 10.2. The average molecular weight is 868 g/mol. The van der Waals surface area contributed by atoms with E-state index < -0.39 is 0 Å². The Hall–Kier alpha value is -9.19. The number of aromatic nitrogens is 5. The summed E-state index contributed by atoms with van der Waals surface area (Å²) < 4.78 is 4.37. The fourth-order valence-electron chi connectivity index (χ4n) is 10.2. The summed E-state index contributed by atoms with van der Waals surface area (Å²) in [5.41, 5.74) is 16.4. The molecule has 0 N–H and O–H groups in total. The van der Waals surface area contributed by atoms with Crippen LogP contribution in [0.1, 0.15) is 0 Å². The summed E-state index contributed by atoms with van der Waals surface area (Å²) in [4.78, 5) is 16.3. The highest BCUT2D eigenvalue weighted by Gasteiger charge is 2.24. The lowest BCUT2D eigenvalue weighted by Gasteiger charge is -2.23. The lowest BCUT2D eigenvalue weighted by atomic mass is 9.80. The van der Waals surface area contributed by atoms with E-state index in [1.165, 1.54) is 5.56 Å². The van der Waals surface area contributed by atoms with Gasteiger partial charge in [0.2, 0.25) is 11.9 Å². The zero-order chi connectivity index (χ0) is 45.0. The van der Waals surface area contributed by atoms with Gasteiger partial charge in [-0.25, -0.2) is 0 Å². The van der Waals surface area contributed by atoms with Gasteiger partial charge in [-0.15, -0.1) is 0 Å². The van der Waals surface area contributed by atoms with Crippen LogP contribution < -0.4 is 0 Å². The molecule has 3 aromatic heterocycles. The highest BCUT2D eigenvalue weighted by atomic mass is 15.3. The molecule has 0 fully saturated rings. The number of hydrogen-bond acceptors (Lipinski definition) is 3. The molecule has 0 bridgehead atoms. The number of hydrogen-bond donors (Lipinski definition) is 0. The van der Waals surface area contributed by atoms with Crippen LogP contribution in [0.5, 0.6) is 0 Å². The zero-order valence-electron chi connectivity index (χ0n) is 36.9. The van der Waals surface area contributed by atoms with Crippen molar-refractivity contribution in [3.8, 4) is 78.9 Å². The summed E-state index contributed by atoms with van der Waals surface area (Å²) in [5, 5.41) is 4.56. The molecule has 318 valence electrons. The molecule has 0 spiro atoms. The maximum atomic E-state index is 5.43. The monoisotopic (exact) mass is 867 g/mol. The lowest BCUT2D eigenvalue weighted by Crippen LogP contribution is -2.10. The van der Waals surface area contributed by atoms with E-state index in [9.17, 15) is 0 Å². The molecule has 0 unspecified atom stereocenters. The molecule has 3 heterocycles. The van der Waals surface area contributed by atoms with Gasteiger partial charge in [-0.05, 0) is 86.0 Å². The van der Waals surface area contributed by atoms with Crippen LogP contribution >= 0.6 is 0 Å². The van der Waals surface area contributed by atoms with Gasteiger partial charge < -0.3 is 0 Å². The summed E-state index contributed by atoms with van der Waals surface area (Å²) in [6.45, 7) is 0. The van der Waals surface area contributed by atoms with E-state index >= 15 is 0 Å². The maximum absolute atomic E-state index is 5.43. The Morgan fingerprint density at radius 3 is 0.912 bits per heavy atom. The first kappa shape index (κ1) is 39.2. The molecule has 13 aromatic rings. The SMILES string of the molecule is c1ccc(-c2cccc(-c3ccccc3)c2-c2c(-c3ccccc3)cccc2-c2cccc(-c3nc(-n4c5ccccc5c5ccccc54)nc(-n4c5ccccc5c5ccccc54)n3)c2)cc1. The van der Waals surface area contributed by atoms with Crippen molar-refractivity contribution >= 4 is 43.6 Å². The van der Waals surface area contributed by atoms with Gasteiger partial charge in [0.05, 0.1) is 22.1 Å². The first-order valence-corrected chi connectivity index (χ1v) is 23.0. The molecule has 10 aromatic carbocycles. The van der Waals surface area contributed by atoms with E-state index in [1.807, 2.05) is 0 Å². The predicted octanol–water partition coefficient (Wildman–Crippen LogP) is 16.1. The van der Waals surface area contributed by atoms with Gasteiger partial charge in [-0.1, -0.05) is 218 Å². The van der Waals surface area contributed by atoms with Gasteiger partial charge in [0.1, 0.15) is 0 Å². The minimum absolute atomic E-state index is 0.547. The second-order valence-corrected chi connectivity index (χ2v) is 17.1. The van der Waals surface area contributed by atoms with Crippen LogP contribution in [0.25, 0.3) is 123 Å². The molecule has 5 heteroatoms. The Kier molecular flexibility index (Phi) is 9.43. The fraction of sp³-hybridized carbons (Fsp3) is 0. The molecule has 0 aliphatic rings. The Morgan fingerprint density at radius 1 is 0.235 bits per heavy atom. The molecule has 0 atom stereocenters. The van der Waals surface area contributed by atoms with Crippen molar-refractivity contribution in [1.29, 1.82) is 0 Å². The molecule has 0 aliphatic heterocycles. The largest absolute Gasteiger partial charge is 0.278 e. The van der Waals surface area contributed by atoms with Crippen molar-refractivity contribution < 1.29 is 0 Å². The molecule has 13 rings (SSSR count). The van der Waals surface area contributed by atoms with Crippen molar-refractivity contribution in [2.24, 2.45) is 0 Å². The minimum atomic E-state index is 0.547. The van der Waals surface area contributed by atoms with Gasteiger partial charge in [0.15, 0.2) is 5.82 Å². The lowest BCUT2D eigenvalue weighted by molar-refractivity contribution is 0.893. The van der Waals surface area contributed by atoms with Crippen LogP contribution in [-0.4, -0.2) is 24.1 Å². The summed E-state index contributed by atoms with van der Waals surface area (Å²) in [7, 11) is 0. The Balaban J connectivity index is 1.09. The quantitative estimate of drug-likeness (QED) is 0.153. The molecule has 0 radical (unpaired) electrons. The highest BCUT2D eigenvalue weighted by Crippen LogP contribution is 2.48. The van der Waals surface area contributed by atoms with Gasteiger partial charge in [0, 0.05) is 27.1 Å². The van der Waals surface area contributed by atoms with Gasteiger partial charge >= 0.3 is 0 Å². The topological polar surface area (TPSA) is 48.5 Å². The summed E-state index contributed by atoms with van der Waals surface area (Å²) in [6, 6.07) is 88.4. The minimum Gasteiger partial charge on any atom is -0.278 e. The number of benzene rings is 10. The van der Waals surface area contributed by atoms with E-state index in [4.69, 9.17) is 15.0 Å². The second kappa shape index (κ2) is 16.4. The Morgan fingerprint density at radius 2 is 0.529 bits per heavy atom. The van der Waals surface area contributed by atoms with Crippen LogP contribution in [0, 0.1) is 0 Å². The number of rotatable bonds is 8. The third kappa shape index (κ3) is 6.51. The molecular weight excluding hydrogens is 827 g/mol. The third-order valence-corrected chi connectivity index (χ3v) is 13.2. The third-order valence-electron chi connectivity index (χ3n) is 13.2. The number of para-hydroxylation sites is 4. The molecule has 0 aliphatic carbocycles. The van der Waals surface area contributed by atoms with Crippen LogP contribution in [0.3, 0.4) is 0 Å². The average Bonchev–Trinajstić information content (AvgIpc) is 3.94. The second-order valence-electron chi connectivity index (χ2n) is 17.1. The Labute approximate surface area is 393 Å². The normalized spacial score (nSPS) is 11.5. The first-order chi connectivity index (χ1) is 33.8. The molecule has 0 saturated heterocycles. The van der Waals surface area contributed by atoms with E-state index in [2.05, 4.69) is 258 Å². The van der Waals surface area contributed by atoms with E-state index in [0.29, 0.717) is 17.7 Å². The van der Waals surface area contributed by atoms with Crippen molar-refractivity contribution in [2.75, 3.05) is 0 Å². The van der Waals surface area contributed by atoms with Crippen LogP contribution in [0.4, 0.5) is 0 Å². The van der Waals surface area contributed by atoms with E-state index in [-0.39, 0.29) is 0 Å². The summed E-state index contributed by atoms with van der Waals surface area (Å²) >= 11 is 0. The van der Waals surface area contributed by atoms with Gasteiger partial charge in [-0.3, -0.25) is 9.13 Å². The zero-order valence-corrected chi connectivity index (χ0v) is 36.9. The number of fused-ring (bicyclic) bond motifs is 6.